The van der Waals surface area contributed by atoms with Gasteiger partial charge in [0.1, 0.15) is 18.1 Å². The van der Waals surface area contributed by atoms with E-state index in [2.05, 4.69) is 39.8 Å². The van der Waals surface area contributed by atoms with E-state index in [4.69, 9.17) is 14.2 Å². The highest BCUT2D eigenvalue weighted by atomic mass is 16.7. The van der Waals surface area contributed by atoms with Crippen LogP contribution in [0, 0.1) is 13.8 Å². The Balaban J connectivity index is 0.000000202. The Kier molecular flexibility index (Phi) is 15.4. The van der Waals surface area contributed by atoms with Crippen LogP contribution in [0.1, 0.15) is 88.1 Å². The first-order chi connectivity index (χ1) is 33.6. The SMILES string of the molecule is CC.CCOCOc1cc(C)c(-c2n[nH]c(=O)n2-c2ccc3c(ccn3C)c2)cc1C(C)C.Cc1cc(O)c(C(C)C)cc1-c1nn(C(=O)OCc2ccccc2)c(=O)n1-c1ccc2c(ccn2C)c1. The van der Waals surface area contributed by atoms with Crippen molar-refractivity contribution in [3.8, 4) is 45.6 Å². The normalized spacial score (nSPS) is 11.2. The minimum atomic E-state index is -0.866. The Morgan fingerprint density at radius 3 is 1.89 bits per heavy atom. The van der Waals surface area contributed by atoms with Crippen LogP contribution in [0.15, 0.2) is 125 Å². The van der Waals surface area contributed by atoms with Gasteiger partial charge in [0.05, 0.1) is 11.4 Å². The number of nitrogens with one attached hydrogen (secondary N) is 1. The van der Waals surface area contributed by atoms with E-state index >= 15 is 0 Å². The maximum absolute atomic E-state index is 13.7. The number of aromatic nitrogens is 8. The van der Waals surface area contributed by atoms with Crippen molar-refractivity contribution in [2.24, 2.45) is 14.1 Å². The van der Waals surface area contributed by atoms with Gasteiger partial charge in [-0.1, -0.05) is 71.9 Å². The molecule has 0 saturated heterocycles. The van der Waals surface area contributed by atoms with Gasteiger partial charge in [-0.15, -0.1) is 9.78 Å². The average Bonchev–Trinajstić information content (AvgIpc) is 4.12. The predicted octanol–water partition coefficient (Wildman–Crippen LogP) is 11.1. The van der Waals surface area contributed by atoms with E-state index in [1.807, 2.05) is 171 Å². The van der Waals surface area contributed by atoms with Crippen molar-refractivity contribution < 1.29 is 24.1 Å². The zero-order chi connectivity index (χ0) is 50.4. The molecule has 0 bridgehead atoms. The monoisotopic (exact) mass is 946 g/mol. The third kappa shape index (κ3) is 10.2. The zero-order valence-corrected chi connectivity index (χ0v) is 41.8. The van der Waals surface area contributed by atoms with Crippen molar-refractivity contribution >= 4 is 27.9 Å². The maximum Gasteiger partial charge on any atom is 0.439 e. The van der Waals surface area contributed by atoms with Gasteiger partial charge in [-0.05, 0) is 133 Å². The van der Waals surface area contributed by atoms with Crippen molar-refractivity contribution in [2.45, 2.75) is 80.8 Å². The average molecular weight is 947 g/mol. The molecule has 2 N–H and O–H groups in total. The fourth-order valence-electron chi connectivity index (χ4n) is 8.32. The molecular formula is C55H62N8O7. The molecule has 9 aromatic rings. The summed E-state index contributed by atoms with van der Waals surface area (Å²) in [5.41, 5.74) is 8.33. The van der Waals surface area contributed by atoms with Gasteiger partial charge in [0, 0.05) is 66.0 Å². The molecule has 0 amide bonds. The predicted molar refractivity (Wildman–Crippen MR) is 276 cm³/mol. The van der Waals surface area contributed by atoms with Gasteiger partial charge in [-0.2, -0.15) is 5.10 Å². The molecule has 0 saturated carbocycles. The summed E-state index contributed by atoms with van der Waals surface area (Å²) in [6, 6.07) is 32.4. The summed E-state index contributed by atoms with van der Waals surface area (Å²) in [7, 11) is 3.96. The molecule has 0 atom stereocenters. The first-order valence-corrected chi connectivity index (χ1v) is 23.6. The van der Waals surface area contributed by atoms with Crippen LogP contribution in [0.5, 0.6) is 11.5 Å². The van der Waals surface area contributed by atoms with E-state index in [0.717, 1.165) is 71.3 Å². The zero-order valence-electron chi connectivity index (χ0n) is 41.8. The number of carbonyl (C=O) groups is 1. The molecule has 9 rings (SSSR count). The summed E-state index contributed by atoms with van der Waals surface area (Å²) in [5.74, 6) is 2.11. The first-order valence-electron chi connectivity index (χ1n) is 23.6. The van der Waals surface area contributed by atoms with Gasteiger partial charge in [0.2, 0.25) is 0 Å². The smallest absolute Gasteiger partial charge is 0.439 e. The molecule has 0 spiro atoms. The van der Waals surface area contributed by atoms with Crippen LogP contribution >= 0.6 is 0 Å². The molecule has 4 heterocycles. The second-order valence-corrected chi connectivity index (χ2v) is 17.4. The number of hydrogen-bond acceptors (Lipinski definition) is 9. The molecule has 0 fully saturated rings. The summed E-state index contributed by atoms with van der Waals surface area (Å²) >= 11 is 0. The quantitative estimate of drug-likeness (QED) is 0.0895. The molecule has 0 aliphatic carbocycles. The Morgan fingerprint density at radius 2 is 1.29 bits per heavy atom. The lowest BCUT2D eigenvalue weighted by Crippen LogP contribution is -2.30. The van der Waals surface area contributed by atoms with E-state index in [1.165, 1.54) is 4.57 Å². The first kappa shape index (κ1) is 50.0. The van der Waals surface area contributed by atoms with E-state index in [0.29, 0.717) is 23.7 Å². The minimum absolute atomic E-state index is 0.0139. The molecule has 0 radical (unpaired) electrons. The highest BCUT2D eigenvalue weighted by Gasteiger charge is 2.25. The highest BCUT2D eigenvalue weighted by molar-refractivity contribution is 5.84. The fraction of sp³-hybridized carbons (Fsp3) is 0.291. The van der Waals surface area contributed by atoms with E-state index < -0.39 is 11.8 Å². The molecule has 0 aliphatic heterocycles. The van der Waals surface area contributed by atoms with Crippen LogP contribution in [-0.4, -0.2) is 62.8 Å². The fourth-order valence-corrected chi connectivity index (χ4v) is 8.32. The number of fused-ring (bicyclic) bond motifs is 2. The maximum atomic E-state index is 13.7. The molecule has 15 nitrogen and oxygen atoms in total. The summed E-state index contributed by atoms with van der Waals surface area (Å²) < 4.78 is 24.5. The second-order valence-electron chi connectivity index (χ2n) is 17.4. The van der Waals surface area contributed by atoms with E-state index in [1.54, 1.807) is 10.6 Å². The number of phenolic OH excluding ortho intramolecular Hbond substituents is 1. The molecule has 364 valence electrons. The molecular weight excluding hydrogens is 885 g/mol. The van der Waals surface area contributed by atoms with Gasteiger partial charge in [0.25, 0.3) is 0 Å². The number of hydrogen-bond donors (Lipinski definition) is 2. The van der Waals surface area contributed by atoms with E-state index in [9.17, 15) is 19.5 Å². The van der Waals surface area contributed by atoms with Crippen molar-refractivity contribution in [2.75, 3.05) is 13.4 Å². The number of benzene rings is 5. The largest absolute Gasteiger partial charge is 0.508 e. The Hall–Kier alpha value is -7.91. The highest BCUT2D eigenvalue weighted by Crippen LogP contribution is 2.36. The number of aryl methyl sites for hydroxylation is 4. The molecule has 0 aliphatic rings. The summed E-state index contributed by atoms with van der Waals surface area (Å²) in [6.45, 7) is 18.8. The summed E-state index contributed by atoms with van der Waals surface area (Å²) in [4.78, 5) is 39.4. The molecule has 15 heteroatoms. The molecule has 4 aromatic heterocycles. The van der Waals surface area contributed by atoms with Crippen LogP contribution in [-0.2, 0) is 30.2 Å². The van der Waals surface area contributed by atoms with Gasteiger partial charge < -0.3 is 28.5 Å². The Bertz CT molecular complexity index is 3400. The number of aromatic hydroxyl groups is 1. The van der Waals surface area contributed by atoms with Gasteiger partial charge in [0.15, 0.2) is 18.4 Å². The lowest BCUT2D eigenvalue weighted by molar-refractivity contribution is 0.0217. The number of phenols is 1. The van der Waals surface area contributed by atoms with Crippen LogP contribution in [0.3, 0.4) is 0 Å². The summed E-state index contributed by atoms with van der Waals surface area (Å²) in [5, 5.41) is 24.0. The third-order valence-electron chi connectivity index (χ3n) is 12.0. The van der Waals surface area contributed by atoms with Gasteiger partial charge in [-0.25, -0.2) is 28.6 Å². The number of rotatable bonds is 12. The van der Waals surface area contributed by atoms with E-state index in [-0.39, 0.29) is 42.5 Å². The topological polar surface area (TPSA) is 165 Å². The second kappa shape index (κ2) is 21.6. The molecule has 70 heavy (non-hydrogen) atoms. The van der Waals surface area contributed by atoms with Crippen LogP contribution in [0.4, 0.5) is 4.79 Å². The summed E-state index contributed by atoms with van der Waals surface area (Å²) in [6.07, 6.45) is 3.09. The van der Waals surface area contributed by atoms with Gasteiger partial charge in [-0.3, -0.25) is 0 Å². The van der Waals surface area contributed by atoms with Crippen molar-refractivity contribution in [1.82, 2.24) is 38.2 Å². The van der Waals surface area contributed by atoms with Crippen LogP contribution < -0.4 is 16.1 Å². The molecule has 0 unspecified atom stereocenters. The van der Waals surface area contributed by atoms with Crippen LogP contribution in [0.2, 0.25) is 0 Å². The Morgan fingerprint density at radius 1 is 0.714 bits per heavy atom. The number of carbonyl (C=O) groups excluding carboxylic acids is 1. The third-order valence-corrected chi connectivity index (χ3v) is 12.0. The number of ether oxygens (including phenoxy) is 3. The minimum Gasteiger partial charge on any atom is -0.508 e. The number of H-pyrrole nitrogens is 1. The van der Waals surface area contributed by atoms with Crippen molar-refractivity contribution in [3.63, 3.8) is 0 Å². The van der Waals surface area contributed by atoms with Crippen LogP contribution in [0.25, 0.3) is 56.0 Å². The Labute approximate surface area is 407 Å². The van der Waals surface area contributed by atoms with Crippen molar-refractivity contribution in [3.05, 3.63) is 164 Å². The van der Waals surface area contributed by atoms with Crippen molar-refractivity contribution in [1.29, 1.82) is 0 Å². The molecule has 5 aromatic carbocycles. The lowest BCUT2D eigenvalue weighted by Gasteiger charge is -2.18. The number of nitrogens with zero attached hydrogens (tertiary/aromatic N) is 7. The van der Waals surface area contributed by atoms with Gasteiger partial charge >= 0.3 is 17.5 Å². The lowest BCUT2D eigenvalue weighted by atomic mass is 9.96. The number of aromatic amines is 1. The standard InChI is InChI=1S/C29H28N4O4.C24H28N4O3.C2H6/c1-18(2)23-16-24(19(3)14-26(23)34)27-30-33(29(36)37-17-20-8-6-5-7-9-20)28(35)32(27)22-10-11-25-21(15-22)12-13-31(25)4;1-6-30-14-31-22-11-16(4)20(13-19(22)15(2)3)23-25-26-24(29)28(23)18-7-8-21-17(12-18)9-10-27(21)5;1-2/h5-16,18,34H,17H2,1-4H3;7-13,15H,6,14H2,1-5H3,(H,26,29);1-2H3.